The minimum Gasteiger partial charge on any atom is -0.319 e. The van der Waals surface area contributed by atoms with Crippen molar-refractivity contribution < 1.29 is 13.2 Å². The summed E-state index contributed by atoms with van der Waals surface area (Å²) < 4.78 is 28.3. The van der Waals surface area contributed by atoms with Crippen LogP contribution in [0.15, 0.2) is 17.1 Å². The lowest BCUT2D eigenvalue weighted by Crippen LogP contribution is -2.47. The Morgan fingerprint density at radius 3 is 2.68 bits per heavy atom. The van der Waals surface area contributed by atoms with Gasteiger partial charge < -0.3 is 4.57 Å². The van der Waals surface area contributed by atoms with Gasteiger partial charge in [-0.25, -0.2) is 8.42 Å². The minimum absolute atomic E-state index is 0.373. The Bertz CT molecular complexity index is 1000. The Hall–Kier alpha value is -1.51. The van der Waals surface area contributed by atoms with Crippen molar-refractivity contribution in [3.8, 4) is 0 Å². The van der Waals surface area contributed by atoms with Gasteiger partial charge in [-0.3, -0.25) is 4.79 Å². The molecule has 1 aliphatic heterocycles. The molecule has 2 heterocycles. The van der Waals surface area contributed by atoms with Crippen LogP contribution in [0.4, 0.5) is 0 Å². The number of fused-ring (bicyclic) bond motifs is 1. The zero-order valence-corrected chi connectivity index (χ0v) is 16.6. The fraction of sp³-hybridized carbons (Fsp3) is 0.529. The molecule has 1 saturated heterocycles. The molecule has 0 radical (unpaired) electrons. The van der Waals surface area contributed by atoms with Crippen molar-refractivity contribution in [1.82, 2.24) is 8.87 Å². The van der Waals surface area contributed by atoms with Gasteiger partial charge in [-0.05, 0) is 43.9 Å². The molecule has 1 aromatic heterocycles. The number of thiazole rings is 1. The van der Waals surface area contributed by atoms with Gasteiger partial charge in [-0.2, -0.15) is 9.30 Å². The lowest BCUT2D eigenvalue weighted by molar-refractivity contribution is -0.122. The molecule has 0 spiro atoms. The molecule has 136 valence electrons. The van der Waals surface area contributed by atoms with Gasteiger partial charge in [0.05, 0.1) is 16.5 Å². The molecule has 1 aliphatic rings. The summed E-state index contributed by atoms with van der Waals surface area (Å²) in [5.41, 5.74) is 3.35. The van der Waals surface area contributed by atoms with Crippen LogP contribution in [0.25, 0.3) is 10.2 Å². The first-order chi connectivity index (χ1) is 11.7. The molecule has 0 aliphatic carbocycles. The third-order valence-electron chi connectivity index (χ3n) is 4.61. The summed E-state index contributed by atoms with van der Waals surface area (Å²) >= 11 is 1.47. The van der Waals surface area contributed by atoms with Crippen LogP contribution in [0, 0.1) is 13.8 Å². The summed E-state index contributed by atoms with van der Waals surface area (Å²) in [6, 6.07) is 3.50. The van der Waals surface area contributed by atoms with Crippen molar-refractivity contribution >= 4 is 37.5 Å². The van der Waals surface area contributed by atoms with E-state index < -0.39 is 16.1 Å². The maximum Gasteiger partial charge on any atom is 0.266 e. The van der Waals surface area contributed by atoms with E-state index in [1.165, 1.54) is 15.6 Å². The van der Waals surface area contributed by atoms with Crippen LogP contribution in [0.3, 0.4) is 0 Å². The molecular weight excluding hydrogens is 358 g/mol. The molecule has 1 aromatic carbocycles. The summed E-state index contributed by atoms with van der Waals surface area (Å²) in [7, 11) is -1.52. The maximum atomic E-state index is 12.7. The van der Waals surface area contributed by atoms with Crippen LogP contribution in [0.2, 0.25) is 0 Å². The van der Waals surface area contributed by atoms with Gasteiger partial charge in [0.15, 0.2) is 4.80 Å². The molecule has 0 bridgehead atoms. The van der Waals surface area contributed by atoms with Gasteiger partial charge in [0.2, 0.25) is 10.0 Å². The molecule has 0 saturated carbocycles. The largest absolute Gasteiger partial charge is 0.319 e. The highest BCUT2D eigenvalue weighted by molar-refractivity contribution is 7.88. The van der Waals surface area contributed by atoms with Gasteiger partial charge in [0.25, 0.3) is 5.91 Å². The van der Waals surface area contributed by atoms with Gasteiger partial charge >= 0.3 is 0 Å². The number of hydrogen-bond donors (Lipinski definition) is 0. The molecule has 2 aromatic rings. The van der Waals surface area contributed by atoms with E-state index in [0.29, 0.717) is 17.8 Å². The number of aryl methyl sites for hydroxylation is 3. The highest BCUT2D eigenvalue weighted by Gasteiger charge is 2.34. The highest BCUT2D eigenvalue weighted by Crippen LogP contribution is 2.24. The minimum atomic E-state index is -3.41. The smallest absolute Gasteiger partial charge is 0.266 e. The maximum absolute atomic E-state index is 12.7. The Morgan fingerprint density at radius 2 is 2.00 bits per heavy atom. The molecule has 6 nitrogen and oxygen atoms in total. The number of carbonyl (C=O) groups excluding carboxylic acids is 1. The van der Waals surface area contributed by atoms with E-state index in [9.17, 15) is 13.2 Å². The van der Waals surface area contributed by atoms with Crippen molar-refractivity contribution in [1.29, 1.82) is 0 Å². The number of aromatic nitrogens is 1. The van der Waals surface area contributed by atoms with Crippen molar-refractivity contribution in [2.45, 2.75) is 39.2 Å². The van der Waals surface area contributed by atoms with Gasteiger partial charge in [0, 0.05) is 13.6 Å². The third kappa shape index (κ3) is 3.56. The van der Waals surface area contributed by atoms with E-state index in [1.807, 2.05) is 25.5 Å². The van der Waals surface area contributed by atoms with Crippen LogP contribution in [0.1, 0.15) is 30.4 Å². The molecule has 8 heteroatoms. The molecular formula is C17H23N3O3S2. The van der Waals surface area contributed by atoms with Crippen molar-refractivity contribution in [2.24, 2.45) is 12.0 Å². The average Bonchev–Trinajstić information content (AvgIpc) is 2.84. The summed E-state index contributed by atoms with van der Waals surface area (Å²) in [4.78, 5) is 17.6. The van der Waals surface area contributed by atoms with E-state index in [-0.39, 0.29) is 5.91 Å². The van der Waals surface area contributed by atoms with E-state index in [1.54, 1.807) is 0 Å². The van der Waals surface area contributed by atoms with Crippen molar-refractivity contribution in [3.63, 3.8) is 0 Å². The van der Waals surface area contributed by atoms with E-state index >= 15 is 0 Å². The molecule has 1 atom stereocenters. The lowest BCUT2D eigenvalue weighted by Gasteiger charge is -2.31. The summed E-state index contributed by atoms with van der Waals surface area (Å²) in [6.07, 6.45) is 3.31. The number of hydrogen-bond acceptors (Lipinski definition) is 4. The third-order valence-corrected chi connectivity index (χ3v) is 7.18. The molecule has 1 unspecified atom stereocenters. The first-order valence-corrected chi connectivity index (χ1v) is 11.0. The van der Waals surface area contributed by atoms with Crippen LogP contribution in [-0.4, -0.2) is 42.0 Å². The highest BCUT2D eigenvalue weighted by atomic mass is 32.2. The van der Waals surface area contributed by atoms with Gasteiger partial charge in [-0.1, -0.05) is 23.8 Å². The number of carbonyl (C=O) groups is 1. The lowest BCUT2D eigenvalue weighted by atomic mass is 10.0. The number of sulfonamides is 1. The Morgan fingerprint density at radius 1 is 1.28 bits per heavy atom. The first kappa shape index (κ1) is 18.3. The summed E-state index contributed by atoms with van der Waals surface area (Å²) in [5, 5.41) is 0. The topological polar surface area (TPSA) is 71.7 Å². The second-order valence-corrected chi connectivity index (χ2v) is 9.62. The van der Waals surface area contributed by atoms with Crippen LogP contribution >= 0.6 is 11.3 Å². The fourth-order valence-electron chi connectivity index (χ4n) is 3.39. The number of nitrogens with zero attached hydrogens (tertiary/aromatic N) is 3. The number of piperidine rings is 1. The van der Waals surface area contributed by atoms with Crippen LogP contribution in [-0.2, 0) is 21.9 Å². The normalized spacial score (nSPS) is 20.3. The van der Waals surface area contributed by atoms with E-state index in [4.69, 9.17) is 0 Å². The number of amides is 1. The Balaban J connectivity index is 2.05. The predicted molar refractivity (Wildman–Crippen MR) is 100 cm³/mol. The standard InChI is InChI=1S/C17H23N3O3S2/c1-11-9-12(2)15-14(10-11)19(3)17(24-15)18-16(21)13-7-5-6-8-20(13)25(4,22)23/h9-10,13H,5-8H2,1-4H3. The second-order valence-electron chi connectivity index (χ2n) is 6.71. The molecule has 3 rings (SSSR count). The van der Waals surface area contributed by atoms with Gasteiger partial charge in [-0.15, -0.1) is 0 Å². The zero-order valence-electron chi connectivity index (χ0n) is 14.9. The van der Waals surface area contributed by atoms with Crippen LogP contribution in [0.5, 0.6) is 0 Å². The first-order valence-electron chi connectivity index (χ1n) is 8.30. The Labute approximate surface area is 151 Å². The molecule has 25 heavy (non-hydrogen) atoms. The van der Waals surface area contributed by atoms with Crippen LogP contribution < -0.4 is 4.80 Å². The summed E-state index contributed by atoms with van der Waals surface area (Å²) in [5.74, 6) is -0.373. The second kappa shape index (κ2) is 6.66. The summed E-state index contributed by atoms with van der Waals surface area (Å²) in [6.45, 7) is 4.48. The quantitative estimate of drug-likeness (QED) is 0.800. The molecule has 1 fully saturated rings. The fourth-order valence-corrected chi connectivity index (χ4v) is 5.58. The van der Waals surface area contributed by atoms with E-state index in [0.717, 1.165) is 40.4 Å². The van der Waals surface area contributed by atoms with Gasteiger partial charge in [0.1, 0.15) is 6.04 Å². The Kier molecular flexibility index (Phi) is 4.87. The number of benzene rings is 1. The monoisotopic (exact) mass is 381 g/mol. The predicted octanol–water partition coefficient (Wildman–Crippen LogP) is 2.10. The van der Waals surface area contributed by atoms with Crippen molar-refractivity contribution in [3.05, 3.63) is 28.1 Å². The average molecular weight is 382 g/mol. The van der Waals surface area contributed by atoms with E-state index in [2.05, 4.69) is 17.1 Å². The number of rotatable bonds is 2. The SMILES string of the molecule is Cc1cc(C)c2sc(=NC(=O)C3CCCCN3S(C)(=O)=O)n(C)c2c1. The zero-order chi connectivity index (χ0) is 18.4. The van der Waals surface area contributed by atoms with Crippen molar-refractivity contribution in [2.75, 3.05) is 12.8 Å². The molecule has 0 N–H and O–H groups in total. The molecule has 1 amide bonds.